The Morgan fingerprint density at radius 2 is 1.95 bits per heavy atom. The lowest BCUT2D eigenvalue weighted by Gasteiger charge is -2.17. The van der Waals surface area contributed by atoms with Crippen molar-refractivity contribution in [3.05, 3.63) is 29.8 Å². The fourth-order valence-corrected chi connectivity index (χ4v) is 2.16. The molecule has 118 valence electrons. The zero-order valence-electron chi connectivity index (χ0n) is 11.2. The summed E-state index contributed by atoms with van der Waals surface area (Å²) in [5, 5.41) is 3.44. The second-order valence-corrected chi connectivity index (χ2v) is 4.97. The van der Waals surface area contributed by atoms with Crippen LogP contribution in [0.3, 0.4) is 0 Å². The maximum absolute atomic E-state index is 12.0. The van der Waals surface area contributed by atoms with Gasteiger partial charge in [-0.3, -0.25) is 4.79 Å². The maximum Gasteiger partial charge on any atom is 0.573 e. The number of halogens is 4. The number of hydrogen-bond donors (Lipinski definition) is 1. The van der Waals surface area contributed by atoms with Gasteiger partial charge in [-0.2, -0.15) is 0 Å². The first-order chi connectivity index (χ1) is 9.85. The van der Waals surface area contributed by atoms with Crippen LogP contribution in [0, 0.1) is 0 Å². The third kappa shape index (κ3) is 6.81. The van der Waals surface area contributed by atoms with Crippen molar-refractivity contribution in [2.75, 3.05) is 19.0 Å². The van der Waals surface area contributed by atoms with E-state index >= 15 is 0 Å². The zero-order valence-corrected chi connectivity index (χ0v) is 12.8. The van der Waals surface area contributed by atoms with Crippen LogP contribution in [0.1, 0.15) is 16.8 Å². The molecule has 21 heavy (non-hydrogen) atoms. The van der Waals surface area contributed by atoms with Crippen molar-refractivity contribution >= 4 is 21.8 Å². The van der Waals surface area contributed by atoms with E-state index in [4.69, 9.17) is 4.74 Å². The summed E-state index contributed by atoms with van der Waals surface area (Å²) in [5.74, 6) is -0.746. The lowest BCUT2D eigenvalue weighted by atomic mass is 10.1. The third-order valence-corrected chi connectivity index (χ3v) is 2.97. The van der Waals surface area contributed by atoms with E-state index in [9.17, 15) is 18.0 Å². The number of carbonyl (C=O) groups is 1. The van der Waals surface area contributed by atoms with Crippen LogP contribution < -0.4 is 10.1 Å². The van der Waals surface area contributed by atoms with E-state index in [2.05, 4.69) is 26.0 Å². The molecule has 8 heteroatoms. The van der Waals surface area contributed by atoms with Crippen LogP contribution in [0.4, 0.5) is 13.2 Å². The van der Waals surface area contributed by atoms with E-state index in [0.717, 1.165) is 12.1 Å². The molecule has 0 aromatic heterocycles. The van der Waals surface area contributed by atoms with Gasteiger partial charge in [0.2, 0.25) is 0 Å². The minimum Gasteiger partial charge on any atom is -0.406 e. The minimum atomic E-state index is -4.75. The van der Waals surface area contributed by atoms with Gasteiger partial charge in [-0.1, -0.05) is 15.9 Å². The SMILES string of the molecule is COCC(CCBr)NC(=O)c1ccc(OC(F)(F)F)cc1. The predicted octanol–water partition coefficient (Wildman–Crippen LogP) is 3.12. The van der Waals surface area contributed by atoms with Gasteiger partial charge in [-0.15, -0.1) is 13.2 Å². The molecule has 0 aliphatic heterocycles. The number of methoxy groups -OCH3 is 1. The van der Waals surface area contributed by atoms with Gasteiger partial charge < -0.3 is 14.8 Å². The summed E-state index contributed by atoms with van der Waals surface area (Å²) in [5.41, 5.74) is 0.250. The third-order valence-electron chi connectivity index (χ3n) is 2.51. The van der Waals surface area contributed by atoms with Gasteiger partial charge in [0.15, 0.2) is 0 Å². The number of ether oxygens (including phenoxy) is 2. The highest BCUT2D eigenvalue weighted by Crippen LogP contribution is 2.22. The lowest BCUT2D eigenvalue weighted by molar-refractivity contribution is -0.274. The van der Waals surface area contributed by atoms with Crippen molar-refractivity contribution in [2.24, 2.45) is 0 Å². The highest BCUT2D eigenvalue weighted by atomic mass is 79.9. The van der Waals surface area contributed by atoms with E-state index in [1.54, 1.807) is 0 Å². The Hall–Kier alpha value is -1.28. The Kier molecular flexibility index (Phi) is 6.97. The zero-order chi connectivity index (χ0) is 15.9. The summed E-state index contributed by atoms with van der Waals surface area (Å²) in [7, 11) is 1.52. The first-order valence-electron chi connectivity index (χ1n) is 6.07. The quantitative estimate of drug-likeness (QED) is 0.751. The summed E-state index contributed by atoms with van der Waals surface area (Å²) in [6.45, 7) is 0.354. The standard InChI is InChI=1S/C13H15BrF3NO3/c1-20-8-10(6-7-14)18-12(19)9-2-4-11(5-3-9)21-13(15,16)17/h2-5,10H,6-8H2,1H3,(H,18,19). The molecule has 0 fully saturated rings. The molecular weight excluding hydrogens is 355 g/mol. The molecule has 1 rings (SSSR count). The molecule has 1 aromatic carbocycles. The summed E-state index contributed by atoms with van der Waals surface area (Å²) in [4.78, 5) is 12.0. The van der Waals surface area contributed by atoms with E-state index in [-0.39, 0.29) is 23.3 Å². The molecule has 0 bridgehead atoms. The highest BCUT2D eigenvalue weighted by Gasteiger charge is 2.31. The van der Waals surface area contributed by atoms with Crippen LogP contribution in [0.25, 0.3) is 0 Å². The fourth-order valence-electron chi connectivity index (χ4n) is 1.61. The van der Waals surface area contributed by atoms with Crippen molar-refractivity contribution in [2.45, 2.75) is 18.8 Å². The smallest absolute Gasteiger partial charge is 0.406 e. The van der Waals surface area contributed by atoms with Crippen LogP contribution >= 0.6 is 15.9 Å². The molecule has 0 saturated carbocycles. The average Bonchev–Trinajstić information content (AvgIpc) is 2.38. The molecule has 1 unspecified atom stereocenters. The minimum absolute atomic E-state index is 0.173. The number of alkyl halides is 4. The number of amides is 1. The maximum atomic E-state index is 12.0. The van der Waals surface area contributed by atoms with Crippen LogP contribution in [-0.4, -0.2) is 37.4 Å². The Balaban J connectivity index is 2.65. The summed E-state index contributed by atoms with van der Waals surface area (Å²) in [6, 6.07) is 4.56. The molecule has 0 spiro atoms. The Labute approximate surface area is 128 Å². The Morgan fingerprint density at radius 3 is 2.43 bits per heavy atom. The molecule has 1 atom stereocenters. The number of carbonyl (C=O) groups excluding carboxylic acids is 1. The van der Waals surface area contributed by atoms with Gasteiger partial charge in [0.1, 0.15) is 5.75 Å². The number of nitrogens with one attached hydrogen (secondary N) is 1. The van der Waals surface area contributed by atoms with Crippen molar-refractivity contribution in [1.29, 1.82) is 0 Å². The summed E-state index contributed by atoms with van der Waals surface area (Å²) < 4.78 is 44.8. The number of hydrogen-bond acceptors (Lipinski definition) is 3. The topological polar surface area (TPSA) is 47.6 Å². The van der Waals surface area contributed by atoms with Gasteiger partial charge in [0.25, 0.3) is 5.91 Å². The van der Waals surface area contributed by atoms with Gasteiger partial charge in [0, 0.05) is 18.0 Å². The molecule has 0 saturated heterocycles. The average molecular weight is 370 g/mol. The van der Waals surface area contributed by atoms with E-state index in [1.807, 2.05) is 0 Å². The van der Waals surface area contributed by atoms with Gasteiger partial charge in [0.05, 0.1) is 12.6 Å². The lowest BCUT2D eigenvalue weighted by Crippen LogP contribution is -2.38. The normalized spacial score (nSPS) is 12.8. The van der Waals surface area contributed by atoms with E-state index in [1.165, 1.54) is 19.2 Å². The highest BCUT2D eigenvalue weighted by molar-refractivity contribution is 9.09. The monoisotopic (exact) mass is 369 g/mol. The molecule has 0 radical (unpaired) electrons. The second kappa shape index (κ2) is 8.23. The molecule has 4 nitrogen and oxygen atoms in total. The van der Waals surface area contributed by atoms with Crippen molar-refractivity contribution < 1.29 is 27.4 Å². The molecule has 0 aliphatic carbocycles. The second-order valence-electron chi connectivity index (χ2n) is 4.18. The van der Waals surface area contributed by atoms with Crippen LogP contribution in [0.5, 0.6) is 5.75 Å². The molecule has 0 aliphatic rings. The fraction of sp³-hybridized carbons (Fsp3) is 0.462. The number of benzene rings is 1. The van der Waals surface area contributed by atoms with Gasteiger partial charge >= 0.3 is 6.36 Å². The molecule has 1 aromatic rings. The molecular formula is C13H15BrF3NO3. The van der Waals surface area contributed by atoms with Crippen LogP contribution in [0.15, 0.2) is 24.3 Å². The van der Waals surface area contributed by atoms with Crippen LogP contribution in [0.2, 0.25) is 0 Å². The molecule has 1 N–H and O–H groups in total. The molecule has 1 amide bonds. The van der Waals surface area contributed by atoms with Gasteiger partial charge in [-0.25, -0.2) is 0 Å². The summed E-state index contributed by atoms with van der Waals surface area (Å²) >= 11 is 3.27. The summed E-state index contributed by atoms with van der Waals surface area (Å²) in [6.07, 6.45) is -4.07. The van der Waals surface area contributed by atoms with Crippen LogP contribution in [-0.2, 0) is 4.74 Å². The first kappa shape index (κ1) is 17.8. The van der Waals surface area contributed by atoms with Crippen molar-refractivity contribution in [1.82, 2.24) is 5.32 Å². The predicted molar refractivity (Wildman–Crippen MR) is 74.7 cm³/mol. The molecule has 0 heterocycles. The van der Waals surface area contributed by atoms with Gasteiger partial charge in [-0.05, 0) is 30.7 Å². The Morgan fingerprint density at radius 1 is 1.33 bits per heavy atom. The number of rotatable bonds is 7. The first-order valence-corrected chi connectivity index (χ1v) is 7.19. The Bertz CT molecular complexity index is 445. The largest absolute Gasteiger partial charge is 0.573 e. The van der Waals surface area contributed by atoms with E-state index in [0.29, 0.717) is 18.4 Å². The van der Waals surface area contributed by atoms with Crippen molar-refractivity contribution in [3.8, 4) is 5.75 Å². The van der Waals surface area contributed by atoms with E-state index < -0.39 is 6.36 Å². The van der Waals surface area contributed by atoms with Crippen molar-refractivity contribution in [3.63, 3.8) is 0 Å².